The van der Waals surface area contributed by atoms with Gasteiger partial charge in [0.05, 0.1) is 18.6 Å². The molecule has 0 bridgehead atoms. The first kappa shape index (κ1) is 15.7. The molecule has 1 fully saturated rings. The molecule has 0 atom stereocenters. The number of nitrogens with zero attached hydrogens (tertiary/aromatic N) is 1. The summed E-state index contributed by atoms with van der Waals surface area (Å²) < 4.78 is 31.5. The number of rotatable bonds is 5. The van der Waals surface area contributed by atoms with E-state index >= 15 is 0 Å². The minimum absolute atomic E-state index is 0.108. The van der Waals surface area contributed by atoms with E-state index in [4.69, 9.17) is 4.74 Å². The average Bonchev–Trinajstić information content (AvgIpc) is 2.53. The fourth-order valence-electron chi connectivity index (χ4n) is 2.02. The van der Waals surface area contributed by atoms with Gasteiger partial charge >= 0.3 is 0 Å². The van der Waals surface area contributed by atoms with Gasteiger partial charge in [-0.25, -0.2) is 13.1 Å². The number of methoxy groups -OCH3 is 1. The summed E-state index contributed by atoms with van der Waals surface area (Å²) in [6, 6.07) is 6.01. The molecule has 1 amide bonds. The summed E-state index contributed by atoms with van der Waals surface area (Å²) in [4.78, 5) is 13.7. The lowest BCUT2D eigenvalue weighted by atomic mass is 10.3. The molecular formula is C13H19N3O4S. The van der Waals surface area contributed by atoms with E-state index in [1.165, 1.54) is 19.2 Å². The highest BCUT2D eigenvalue weighted by molar-refractivity contribution is 7.89. The van der Waals surface area contributed by atoms with E-state index in [0.717, 1.165) is 13.1 Å². The molecule has 1 aliphatic rings. The van der Waals surface area contributed by atoms with E-state index in [1.807, 2.05) is 0 Å². The van der Waals surface area contributed by atoms with Gasteiger partial charge in [0.15, 0.2) is 0 Å². The first-order chi connectivity index (χ1) is 10.0. The van der Waals surface area contributed by atoms with Crippen LogP contribution in [0.2, 0.25) is 0 Å². The molecule has 1 aromatic carbocycles. The Bertz CT molecular complexity index is 580. The van der Waals surface area contributed by atoms with Gasteiger partial charge in [0, 0.05) is 26.2 Å². The Labute approximate surface area is 124 Å². The van der Waals surface area contributed by atoms with Crippen LogP contribution in [0.4, 0.5) is 0 Å². The summed E-state index contributed by atoms with van der Waals surface area (Å²) in [7, 11) is -2.18. The predicted octanol–water partition coefficient (Wildman–Crippen LogP) is -0.595. The minimum atomic E-state index is -3.69. The van der Waals surface area contributed by atoms with Gasteiger partial charge in [-0.3, -0.25) is 4.79 Å². The first-order valence-corrected chi connectivity index (χ1v) is 8.13. The largest absolute Gasteiger partial charge is 0.497 e. The molecule has 0 saturated carbocycles. The third kappa shape index (κ3) is 4.16. The Morgan fingerprint density at radius 3 is 2.48 bits per heavy atom. The molecule has 2 rings (SSSR count). The quantitative estimate of drug-likeness (QED) is 0.758. The zero-order valence-electron chi connectivity index (χ0n) is 11.8. The summed E-state index contributed by atoms with van der Waals surface area (Å²) in [5, 5.41) is 3.13. The third-order valence-corrected chi connectivity index (χ3v) is 4.67. The van der Waals surface area contributed by atoms with Crippen LogP contribution in [-0.2, 0) is 14.8 Å². The topological polar surface area (TPSA) is 87.7 Å². The molecule has 116 valence electrons. The van der Waals surface area contributed by atoms with Crippen molar-refractivity contribution in [2.75, 3.05) is 39.8 Å². The molecule has 2 N–H and O–H groups in total. The number of hydrogen-bond donors (Lipinski definition) is 2. The van der Waals surface area contributed by atoms with Gasteiger partial charge in [-0.15, -0.1) is 0 Å². The molecule has 21 heavy (non-hydrogen) atoms. The van der Waals surface area contributed by atoms with Crippen molar-refractivity contribution in [3.05, 3.63) is 24.3 Å². The first-order valence-electron chi connectivity index (χ1n) is 6.65. The summed E-state index contributed by atoms with van der Waals surface area (Å²) in [6.45, 7) is 2.44. The SMILES string of the molecule is COc1ccc(S(=O)(=O)NCC(=O)N2CCNCC2)cc1. The van der Waals surface area contributed by atoms with E-state index in [-0.39, 0.29) is 17.3 Å². The second kappa shape index (κ2) is 6.88. The monoisotopic (exact) mass is 313 g/mol. The van der Waals surface area contributed by atoms with Crippen LogP contribution in [0.1, 0.15) is 0 Å². The smallest absolute Gasteiger partial charge is 0.241 e. The van der Waals surface area contributed by atoms with Crippen LogP contribution in [0, 0.1) is 0 Å². The Balaban J connectivity index is 1.95. The number of piperazine rings is 1. The van der Waals surface area contributed by atoms with Gasteiger partial charge in [0.2, 0.25) is 15.9 Å². The van der Waals surface area contributed by atoms with Gasteiger partial charge in [-0.05, 0) is 24.3 Å². The summed E-state index contributed by atoms with van der Waals surface area (Å²) in [5.41, 5.74) is 0. The van der Waals surface area contributed by atoms with Crippen LogP contribution in [0.15, 0.2) is 29.2 Å². The molecule has 1 saturated heterocycles. The number of amides is 1. The molecule has 1 heterocycles. The highest BCUT2D eigenvalue weighted by Crippen LogP contribution is 2.15. The lowest BCUT2D eigenvalue weighted by molar-refractivity contribution is -0.130. The summed E-state index contributed by atoms with van der Waals surface area (Å²) in [5.74, 6) is 0.361. The normalized spacial score (nSPS) is 15.8. The average molecular weight is 313 g/mol. The minimum Gasteiger partial charge on any atom is -0.497 e. The number of ether oxygens (including phenoxy) is 1. The number of hydrogen-bond acceptors (Lipinski definition) is 5. The van der Waals surface area contributed by atoms with E-state index in [0.29, 0.717) is 18.8 Å². The molecule has 1 aliphatic heterocycles. The summed E-state index contributed by atoms with van der Waals surface area (Å²) >= 11 is 0. The van der Waals surface area contributed by atoms with Crippen molar-refractivity contribution in [2.45, 2.75) is 4.90 Å². The second-order valence-electron chi connectivity index (χ2n) is 4.63. The van der Waals surface area contributed by atoms with Gasteiger partial charge in [0.1, 0.15) is 5.75 Å². The van der Waals surface area contributed by atoms with Crippen LogP contribution >= 0.6 is 0 Å². The van der Waals surface area contributed by atoms with Crippen molar-refractivity contribution in [1.82, 2.24) is 14.9 Å². The fourth-order valence-corrected chi connectivity index (χ4v) is 3.00. The van der Waals surface area contributed by atoms with Crippen molar-refractivity contribution < 1.29 is 17.9 Å². The maximum Gasteiger partial charge on any atom is 0.241 e. The lowest BCUT2D eigenvalue weighted by Gasteiger charge is -2.27. The van der Waals surface area contributed by atoms with E-state index in [1.54, 1.807) is 17.0 Å². The predicted molar refractivity (Wildman–Crippen MR) is 77.6 cm³/mol. The van der Waals surface area contributed by atoms with E-state index < -0.39 is 10.0 Å². The molecule has 0 spiro atoms. The molecule has 0 aliphatic carbocycles. The van der Waals surface area contributed by atoms with Crippen molar-refractivity contribution >= 4 is 15.9 Å². The standard InChI is InChI=1S/C13H19N3O4S/c1-20-11-2-4-12(5-3-11)21(18,19)15-10-13(17)16-8-6-14-7-9-16/h2-5,14-15H,6-10H2,1H3. The highest BCUT2D eigenvalue weighted by Gasteiger charge is 2.20. The van der Waals surface area contributed by atoms with Gasteiger partial charge in [-0.1, -0.05) is 0 Å². The molecule has 0 radical (unpaired) electrons. The number of carbonyl (C=O) groups is 1. The van der Waals surface area contributed by atoms with Crippen LogP contribution < -0.4 is 14.8 Å². The third-order valence-electron chi connectivity index (χ3n) is 3.25. The molecule has 0 aromatic heterocycles. The molecule has 0 unspecified atom stereocenters. The maximum atomic E-state index is 12.1. The fraction of sp³-hybridized carbons (Fsp3) is 0.462. The molecule has 8 heteroatoms. The number of benzene rings is 1. The number of carbonyl (C=O) groups excluding carboxylic acids is 1. The Morgan fingerprint density at radius 1 is 1.29 bits per heavy atom. The van der Waals surface area contributed by atoms with E-state index in [9.17, 15) is 13.2 Å². The van der Waals surface area contributed by atoms with Crippen LogP contribution in [0.5, 0.6) is 5.75 Å². The van der Waals surface area contributed by atoms with Crippen LogP contribution in [0.3, 0.4) is 0 Å². The van der Waals surface area contributed by atoms with Gasteiger partial charge in [-0.2, -0.15) is 0 Å². The van der Waals surface area contributed by atoms with Crippen molar-refractivity contribution in [3.8, 4) is 5.75 Å². The molecular weight excluding hydrogens is 294 g/mol. The van der Waals surface area contributed by atoms with Crippen molar-refractivity contribution in [2.24, 2.45) is 0 Å². The van der Waals surface area contributed by atoms with Gasteiger partial charge in [0.25, 0.3) is 0 Å². The van der Waals surface area contributed by atoms with Crippen LogP contribution in [-0.4, -0.2) is 59.1 Å². The lowest BCUT2D eigenvalue weighted by Crippen LogP contribution is -2.49. The Morgan fingerprint density at radius 2 is 1.90 bits per heavy atom. The zero-order chi connectivity index (χ0) is 15.3. The zero-order valence-corrected chi connectivity index (χ0v) is 12.6. The Kier molecular flexibility index (Phi) is 5.16. The maximum absolute atomic E-state index is 12.1. The summed E-state index contributed by atoms with van der Waals surface area (Å²) in [6.07, 6.45) is 0. The van der Waals surface area contributed by atoms with E-state index in [2.05, 4.69) is 10.0 Å². The second-order valence-corrected chi connectivity index (χ2v) is 6.40. The number of sulfonamides is 1. The molecule has 1 aromatic rings. The van der Waals surface area contributed by atoms with Crippen molar-refractivity contribution in [3.63, 3.8) is 0 Å². The Hall–Kier alpha value is -1.64. The molecule has 7 nitrogen and oxygen atoms in total. The number of nitrogens with one attached hydrogen (secondary N) is 2. The highest BCUT2D eigenvalue weighted by atomic mass is 32.2. The van der Waals surface area contributed by atoms with Gasteiger partial charge < -0.3 is 15.0 Å². The van der Waals surface area contributed by atoms with Crippen molar-refractivity contribution in [1.29, 1.82) is 0 Å². The van der Waals surface area contributed by atoms with Crippen LogP contribution in [0.25, 0.3) is 0 Å².